The van der Waals surface area contributed by atoms with E-state index >= 15 is 0 Å². The van der Waals surface area contributed by atoms with Crippen LogP contribution in [-0.4, -0.2) is 33.5 Å². The van der Waals surface area contributed by atoms with Crippen LogP contribution in [0, 0.1) is 0 Å². The summed E-state index contributed by atoms with van der Waals surface area (Å²) in [6, 6.07) is 11.6. The van der Waals surface area contributed by atoms with Crippen molar-refractivity contribution in [1.29, 1.82) is 0 Å². The largest absolute Gasteiger partial charge is 0.506 e. The number of aromatic nitrogens is 1. The zero-order valence-electron chi connectivity index (χ0n) is 18.9. The molecule has 174 valence electrons. The van der Waals surface area contributed by atoms with Crippen molar-refractivity contribution in [3.8, 4) is 17.2 Å². The highest BCUT2D eigenvalue weighted by atomic mass is 16.5. The Labute approximate surface area is 192 Å². The highest BCUT2D eigenvalue weighted by Crippen LogP contribution is 2.27. The Hall–Kier alpha value is -3.81. The molecule has 33 heavy (non-hydrogen) atoms. The molecule has 8 heteroatoms. The number of aryl methyl sites for hydroxylation is 1. The first-order valence-electron chi connectivity index (χ1n) is 11.1. The Bertz CT molecular complexity index is 1220. The fourth-order valence-corrected chi connectivity index (χ4v) is 3.62. The highest BCUT2D eigenvalue weighted by molar-refractivity contribution is 6.02. The summed E-state index contributed by atoms with van der Waals surface area (Å²) in [6.07, 6.45) is 5.27. The van der Waals surface area contributed by atoms with Gasteiger partial charge in [-0.3, -0.25) is 9.59 Å². The van der Waals surface area contributed by atoms with Crippen LogP contribution < -0.4 is 15.7 Å². The SMILES string of the molecule is CCCCCCn1c(=O)c(C(=O)NN=Cc2ccc(O)c(OCC)c2)c(O)c2ccccc21. The van der Waals surface area contributed by atoms with Gasteiger partial charge in [0.25, 0.3) is 11.5 Å². The van der Waals surface area contributed by atoms with Crippen molar-refractivity contribution in [1.82, 2.24) is 9.99 Å². The first kappa shape index (κ1) is 23.8. The van der Waals surface area contributed by atoms with Gasteiger partial charge in [-0.25, -0.2) is 5.43 Å². The first-order valence-corrected chi connectivity index (χ1v) is 11.1. The summed E-state index contributed by atoms with van der Waals surface area (Å²) in [5.74, 6) is -0.869. The van der Waals surface area contributed by atoms with E-state index in [-0.39, 0.29) is 17.1 Å². The number of rotatable bonds is 10. The molecule has 0 bridgehead atoms. The quantitative estimate of drug-likeness (QED) is 0.243. The van der Waals surface area contributed by atoms with Crippen LogP contribution in [0.3, 0.4) is 0 Å². The van der Waals surface area contributed by atoms with Crippen molar-refractivity contribution in [2.24, 2.45) is 5.10 Å². The summed E-state index contributed by atoms with van der Waals surface area (Å²) in [7, 11) is 0. The van der Waals surface area contributed by atoms with Crippen molar-refractivity contribution >= 4 is 23.0 Å². The predicted octanol–water partition coefficient (Wildman–Crippen LogP) is 4.16. The number of para-hydroxylation sites is 1. The molecule has 0 aliphatic rings. The van der Waals surface area contributed by atoms with Crippen LogP contribution in [0.15, 0.2) is 52.4 Å². The van der Waals surface area contributed by atoms with Gasteiger partial charge in [0, 0.05) is 11.9 Å². The molecule has 0 atom stereocenters. The number of phenols is 1. The third-order valence-corrected chi connectivity index (χ3v) is 5.27. The highest BCUT2D eigenvalue weighted by Gasteiger charge is 2.21. The summed E-state index contributed by atoms with van der Waals surface area (Å²) < 4.78 is 6.87. The van der Waals surface area contributed by atoms with Crippen LogP contribution in [0.4, 0.5) is 0 Å². The second kappa shape index (κ2) is 11.2. The second-order valence-electron chi connectivity index (χ2n) is 7.62. The van der Waals surface area contributed by atoms with Crippen LogP contribution in [0.5, 0.6) is 17.2 Å². The number of nitrogens with zero attached hydrogens (tertiary/aromatic N) is 2. The predicted molar refractivity (Wildman–Crippen MR) is 128 cm³/mol. The van der Waals surface area contributed by atoms with Gasteiger partial charge in [-0.15, -0.1) is 0 Å². The molecule has 2 aromatic carbocycles. The Morgan fingerprint density at radius 1 is 1.12 bits per heavy atom. The maximum atomic E-state index is 13.1. The van der Waals surface area contributed by atoms with Crippen molar-refractivity contribution < 1.29 is 19.7 Å². The van der Waals surface area contributed by atoms with Gasteiger partial charge < -0.3 is 19.5 Å². The summed E-state index contributed by atoms with van der Waals surface area (Å²) >= 11 is 0. The number of pyridine rings is 1. The van der Waals surface area contributed by atoms with E-state index in [4.69, 9.17) is 4.74 Å². The van der Waals surface area contributed by atoms with Crippen LogP contribution in [0.25, 0.3) is 10.9 Å². The number of nitrogens with one attached hydrogen (secondary N) is 1. The lowest BCUT2D eigenvalue weighted by Crippen LogP contribution is -2.31. The van der Waals surface area contributed by atoms with E-state index in [0.29, 0.717) is 35.4 Å². The summed E-state index contributed by atoms with van der Waals surface area (Å²) in [5.41, 5.74) is 2.58. The molecule has 1 heterocycles. The van der Waals surface area contributed by atoms with Crippen LogP contribution in [0.2, 0.25) is 0 Å². The van der Waals surface area contributed by atoms with E-state index in [1.165, 1.54) is 16.8 Å². The molecule has 1 amide bonds. The maximum Gasteiger partial charge on any atom is 0.280 e. The van der Waals surface area contributed by atoms with Crippen molar-refractivity contribution in [3.63, 3.8) is 0 Å². The van der Waals surface area contributed by atoms with Gasteiger partial charge in [-0.1, -0.05) is 38.3 Å². The number of hydrogen-bond acceptors (Lipinski definition) is 6. The zero-order valence-corrected chi connectivity index (χ0v) is 18.9. The molecule has 0 spiro atoms. The number of aromatic hydroxyl groups is 2. The van der Waals surface area contributed by atoms with E-state index in [1.54, 1.807) is 43.3 Å². The molecule has 0 saturated carbocycles. The number of hydrogen-bond donors (Lipinski definition) is 3. The van der Waals surface area contributed by atoms with Crippen LogP contribution in [0.1, 0.15) is 55.5 Å². The molecule has 3 N–H and O–H groups in total. The first-order chi connectivity index (χ1) is 16.0. The Morgan fingerprint density at radius 2 is 1.91 bits per heavy atom. The normalized spacial score (nSPS) is 11.2. The van der Waals surface area contributed by atoms with E-state index in [0.717, 1.165) is 25.7 Å². The number of benzene rings is 2. The van der Waals surface area contributed by atoms with Gasteiger partial charge in [0.15, 0.2) is 11.5 Å². The average molecular weight is 452 g/mol. The second-order valence-corrected chi connectivity index (χ2v) is 7.62. The maximum absolute atomic E-state index is 13.1. The zero-order chi connectivity index (χ0) is 23.8. The lowest BCUT2D eigenvalue weighted by molar-refractivity contribution is 0.0950. The Morgan fingerprint density at radius 3 is 2.67 bits per heavy atom. The topological polar surface area (TPSA) is 113 Å². The molecule has 0 unspecified atom stereocenters. The molecule has 0 aliphatic carbocycles. The number of fused-ring (bicyclic) bond motifs is 1. The minimum absolute atomic E-state index is 0.00129. The Kier molecular flexibility index (Phi) is 8.07. The third-order valence-electron chi connectivity index (χ3n) is 5.27. The van der Waals surface area contributed by atoms with Crippen LogP contribution >= 0.6 is 0 Å². The minimum Gasteiger partial charge on any atom is -0.506 e. The number of ether oxygens (including phenoxy) is 1. The van der Waals surface area contributed by atoms with Gasteiger partial charge in [-0.2, -0.15) is 5.10 Å². The summed E-state index contributed by atoms with van der Waals surface area (Å²) in [4.78, 5) is 26.0. The van der Waals surface area contributed by atoms with E-state index in [2.05, 4.69) is 17.5 Å². The van der Waals surface area contributed by atoms with Crippen molar-refractivity contribution in [2.45, 2.75) is 46.1 Å². The molecule has 0 aliphatic heterocycles. The van der Waals surface area contributed by atoms with Gasteiger partial charge in [-0.05, 0) is 49.2 Å². The molecular weight excluding hydrogens is 422 g/mol. The minimum atomic E-state index is -0.800. The molecule has 1 aromatic heterocycles. The number of hydrazone groups is 1. The molecule has 8 nitrogen and oxygen atoms in total. The van der Waals surface area contributed by atoms with Crippen molar-refractivity contribution in [3.05, 3.63) is 63.9 Å². The molecule has 3 rings (SSSR count). The fourth-order valence-electron chi connectivity index (χ4n) is 3.62. The molecular formula is C25H29N3O5. The van der Waals surface area contributed by atoms with Gasteiger partial charge >= 0.3 is 0 Å². The average Bonchev–Trinajstić information content (AvgIpc) is 2.81. The van der Waals surface area contributed by atoms with Crippen LogP contribution in [-0.2, 0) is 6.54 Å². The monoisotopic (exact) mass is 451 g/mol. The smallest absolute Gasteiger partial charge is 0.280 e. The van der Waals surface area contributed by atoms with Crippen molar-refractivity contribution in [2.75, 3.05) is 6.61 Å². The number of carbonyl (C=O) groups excluding carboxylic acids is 1. The Balaban J connectivity index is 1.88. The lowest BCUT2D eigenvalue weighted by Gasteiger charge is -2.14. The summed E-state index contributed by atoms with van der Waals surface area (Å²) in [6.45, 7) is 4.75. The molecule has 0 fully saturated rings. The number of unbranched alkanes of at least 4 members (excludes halogenated alkanes) is 3. The third kappa shape index (κ3) is 5.52. The van der Waals surface area contributed by atoms with E-state index < -0.39 is 11.5 Å². The number of carbonyl (C=O) groups is 1. The van der Waals surface area contributed by atoms with Gasteiger partial charge in [0.1, 0.15) is 11.3 Å². The van der Waals surface area contributed by atoms with E-state index in [1.807, 2.05) is 0 Å². The number of amides is 1. The fraction of sp³-hybridized carbons (Fsp3) is 0.320. The lowest BCUT2D eigenvalue weighted by atomic mass is 10.1. The number of phenolic OH excluding ortho intramolecular Hbond substituents is 1. The van der Waals surface area contributed by atoms with E-state index in [9.17, 15) is 19.8 Å². The standard InChI is InChI=1S/C25H29N3O5/c1-3-5-6-9-14-28-19-11-8-7-10-18(19)23(30)22(25(28)32)24(31)27-26-16-17-12-13-20(29)21(15-17)33-4-2/h7-8,10-13,15-16,29-30H,3-6,9,14H2,1-2H3,(H,27,31). The molecule has 3 aromatic rings. The summed E-state index contributed by atoms with van der Waals surface area (Å²) in [5, 5.41) is 24.8. The van der Waals surface area contributed by atoms with Gasteiger partial charge in [0.05, 0.1) is 18.3 Å². The molecule has 0 saturated heterocycles. The molecule has 0 radical (unpaired) electrons. The van der Waals surface area contributed by atoms with Gasteiger partial charge in [0.2, 0.25) is 0 Å².